The summed E-state index contributed by atoms with van der Waals surface area (Å²) < 4.78 is 18.3. The molecule has 0 atom stereocenters. The van der Waals surface area contributed by atoms with Crippen LogP contribution in [0.4, 0.5) is 4.39 Å². The molecular formula is C11H8BrFN2O. The van der Waals surface area contributed by atoms with Gasteiger partial charge in [-0.05, 0) is 15.9 Å². The third kappa shape index (κ3) is 2.04. The minimum Gasteiger partial charge on any atom is -0.479 e. The number of benzene rings is 1. The summed E-state index contributed by atoms with van der Waals surface area (Å²) >= 11 is 3.03. The lowest BCUT2D eigenvalue weighted by Crippen LogP contribution is -1.98. The summed E-state index contributed by atoms with van der Waals surface area (Å²) in [5, 5.41) is 0. The fourth-order valence-electron chi connectivity index (χ4n) is 1.25. The molecule has 0 N–H and O–H groups in total. The molecule has 2 rings (SSSR count). The number of aromatic nitrogens is 2. The second kappa shape index (κ2) is 4.57. The smallest absolute Gasteiger partial charge is 0.255 e. The number of ether oxygens (including phenoxy) is 1. The van der Waals surface area contributed by atoms with Gasteiger partial charge >= 0.3 is 0 Å². The Balaban J connectivity index is 2.55. The summed E-state index contributed by atoms with van der Waals surface area (Å²) in [5.41, 5.74) is 0.807. The van der Waals surface area contributed by atoms with Crippen LogP contribution in [0.1, 0.15) is 0 Å². The zero-order valence-electron chi connectivity index (χ0n) is 8.45. The Morgan fingerprint density at radius 3 is 2.50 bits per heavy atom. The molecule has 16 heavy (non-hydrogen) atoms. The Kier molecular flexibility index (Phi) is 3.14. The normalized spacial score (nSPS) is 10.2. The third-order valence-electron chi connectivity index (χ3n) is 2.01. The van der Waals surface area contributed by atoms with E-state index in [-0.39, 0.29) is 10.5 Å². The van der Waals surface area contributed by atoms with E-state index in [2.05, 4.69) is 25.9 Å². The van der Waals surface area contributed by atoms with Crippen molar-refractivity contribution in [2.24, 2.45) is 0 Å². The van der Waals surface area contributed by atoms with Crippen LogP contribution in [0.2, 0.25) is 0 Å². The molecule has 5 heteroatoms. The largest absolute Gasteiger partial charge is 0.479 e. The van der Waals surface area contributed by atoms with Gasteiger partial charge in [-0.25, -0.2) is 4.98 Å². The van der Waals surface area contributed by atoms with Crippen molar-refractivity contribution in [1.29, 1.82) is 0 Å². The molecule has 0 bridgehead atoms. The van der Waals surface area contributed by atoms with Gasteiger partial charge in [0, 0.05) is 5.56 Å². The van der Waals surface area contributed by atoms with E-state index < -0.39 is 5.82 Å². The molecule has 0 saturated heterocycles. The van der Waals surface area contributed by atoms with Crippen molar-refractivity contribution in [2.75, 3.05) is 7.11 Å². The van der Waals surface area contributed by atoms with E-state index in [0.717, 1.165) is 5.56 Å². The molecule has 1 heterocycles. The van der Waals surface area contributed by atoms with Crippen molar-refractivity contribution in [1.82, 2.24) is 9.97 Å². The van der Waals surface area contributed by atoms with Crippen LogP contribution >= 0.6 is 15.9 Å². The molecule has 0 aliphatic rings. The summed E-state index contributed by atoms with van der Waals surface area (Å²) in [4.78, 5) is 7.99. The van der Waals surface area contributed by atoms with Crippen molar-refractivity contribution in [3.63, 3.8) is 0 Å². The van der Waals surface area contributed by atoms with Crippen molar-refractivity contribution in [3.05, 3.63) is 40.8 Å². The van der Waals surface area contributed by atoms with Gasteiger partial charge in [0.05, 0.1) is 7.11 Å². The van der Waals surface area contributed by atoms with Gasteiger partial charge in [-0.1, -0.05) is 30.3 Å². The Morgan fingerprint density at radius 2 is 1.88 bits per heavy atom. The first kappa shape index (κ1) is 11.0. The lowest BCUT2D eigenvalue weighted by atomic mass is 10.2. The lowest BCUT2D eigenvalue weighted by molar-refractivity contribution is 0.366. The molecule has 0 spiro atoms. The van der Waals surface area contributed by atoms with E-state index in [1.807, 2.05) is 30.3 Å². The highest BCUT2D eigenvalue weighted by Gasteiger charge is 2.13. The van der Waals surface area contributed by atoms with Gasteiger partial charge in [-0.2, -0.15) is 9.37 Å². The van der Waals surface area contributed by atoms with Crippen LogP contribution in [0.25, 0.3) is 11.4 Å². The molecule has 0 aliphatic heterocycles. The van der Waals surface area contributed by atoms with E-state index in [9.17, 15) is 4.39 Å². The van der Waals surface area contributed by atoms with Gasteiger partial charge in [-0.3, -0.25) is 0 Å². The predicted octanol–water partition coefficient (Wildman–Crippen LogP) is 3.05. The predicted molar refractivity (Wildman–Crippen MR) is 61.7 cm³/mol. The highest BCUT2D eigenvalue weighted by Crippen LogP contribution is 2.25. The van der Waals surface area contributed by atoms with E-state index in [1.54, 1.807) is 0 Å². The van der Waals surface area contributed by atoms with Crippen LogP contribution < -0.4 is 4.74 Å². The Hall–Kier alpha value is -1.49. The van der Waals surface area contributed by atoms with Crippen molar-refractivity contribution in [3.8, 4) is 17.3 Å². The van der Waals surface area contributed by atoms with Crippen LogP contribution in [0, 0.1) is 5.82 Å². The van der Waals surface area contributed by atoms with E-state index in [0.29, 0.717) is 5.82 Å². The number of hydrogen-bond acceptors (Lipinski definition) is 3. The second-order valence-electron chi connectivity index (χ2n) is 3.03. The highest BCUT2D eigenvalue weighted by atomic mass is 79.9. The van der Waals surface area contributed by atoms with Crippen LogP contribution in [0.15, 0.2) is 34.9 Å². The molecule has 0 unspecified atom stereocenters. The SMILES string of the molecule is COc1nc(-c2ccccc2)nc(Br)c1F. The van der Waals surface area contributed by atoms with E-state index in [1.165, 1.54) is 7.11 Å². The Labute approximate surface area is 100 Å². The lowest BCUT2D eigenvalue weighted by Gasteiger charge is -2.05. The molecule has 3 nitrogen and oxygen atoms in total. The molecule has 1 aromatic heterocycles. The molecule has 0 saturated carbocycles. The quantitative estimate of drug-likeness (QED) is 0.794. The molecule has 0 fully saturated rings. The summed E-state index contributed by atoms with van der Waals surface area (Å²) in [6.07, 6.45) is 0. The first-order valence-electron chi connectivity index (χ1n) is 4.55. The zero-order chi connectivity index (χ0) is 11.5. The van der Waals surface area contributed by atoms with Gasteiger partial charge in [0.1, 0.15) is 4.60 Å². The van der Waals surface area contributed by atoms with Crippen LogP contribution in [-0.2, 0) is 0 Å². The maximum absolute atomic E-state index is 13.4. The highest BCUT2D eigenvalue weighted by molar-refractivity contribution is 9.10. The summed E-state index contributed by atoms with van der Waals surface area (Å²) in [6.45, 7) is 0. The average Bonchev–Trinajstić information content (AvgIpc) is 2.33. The summed E-state index contributed by atoms with van der Waals surface area (Å²) in [6, 6.07) is 9.31. The number of nitrogens with zero attached hydrogens (tertiary/aromatic N) is 2. The summed E-state index contributed by atoms with van der Waals surface area (Å²) in [7, 11) is 1.37. The maximum Gasteiger partial charge on any atom is 0.255 e. The Morgan fingerprint density at radius 1 is 1.19 bits per heavy atom. The molecule has 0 amide bonds. The Bertz CT molecular complexity index is 505. The van der Waals surface area contributed by atoms with Gasteiger partial charge in [0.15, 0.2) is 5.82 Å². The van der Waals surface area contributed by atoms with Crippen molar-refractivity contribution < 1.29 is 9.13 Å². The van der Waals surface area contributed by atoms with Crippen molar-refractivity contribution >= 4 is 15.9 Å². The summed E-state index contributed by atoms with van der Waals surface area (Å²) in [5.74, 6) is -0.242. The molecule has 2 aromatic rings. The van der Waals surface area contributed by atoms with Crippen LogP contribution in [0.5, 0.6) is 5.88 Å². The van der Waals surface area contributed by atoms with Gasteiger partial charge in [0.2, 0.25) is 5.82 Å². The van der Waals surface area contributed by atoms with Gasteiger partial charge in [0.25, 0.3) is 5.88 Å². The first-order valence-corrected chi connectivity index (χ1v) is 5.34. The zero-order valence-corrected chi connectivity index (χ0v) is 10.0. The molecule has 0 aliphatic carbocycles. The maximum atomic E-state index is 13.4. The van der Waals surface area contributed by atoms with Crippen molar-refractivity contribution in [2.45, 2.75) is 0 Å². The number of halogens is 2. The molecule has 1 aromatic carbocycles. The molecule has 0 radical (unpaired) electrons. The standard InChI is InChI=1S/C11H8BrFN2O/c1-16-11-8(13)9(12)14-10(15-11)7-5-3-2-4-6-7/h2-6H,1H3. The number of methoxy groups -OCH3 is 1. The number of rotatable bonds is 2. The minimum absolute atomic E-state index is 0.0688. The molecule has 82 valence electrons. The van der Waals surface area contributed by atoms with Crippen LogP contribution in [-0.4, -0.2) is 17.1 Å². The van der Waals surface area contributed by atoms with Gasteiger partial charge < -0.3 is 4.74 Å². The van der Waals surface area contributed by atoms with E-state index >= 15 is 0 Å². The number of hydrogen-bond donors (Lipinski definition) is 0. The second-order valence-corrected chi connectivity index (χ2v) is 3.78. The molecular weight excluding hydrogens is 275 g/mol. The fraction of sp³-hybridized carbons (Fsp3) is 0.0909. The minimum atomic E-state index is -0.595. The fourth-order valence-corrected chi connectivity index (χ4v) is 1.59. The average molecular weight is 283 g/mol. The first-order chi connectivity index (χ1) is 7.72. The van der Waals surface area contributed by atoms with Crippen LogP contribution in [0.3, 0.4) is 0 Å². The monoisotopic (exact) mass is 282 g/mol. The third-order valence-corrected chi connectivity index (χ3v) is 2.53. The van der Waals surface area contributed by atoms with Gasteiger partial charge in [-0.15, -0.1) is 0 Å². The van der Waals surface area contributed by atoms with E-state index in [4.69, 9.17) is 4.74 Å². The topological polar surface area (TPSA) is 35.0 Å².